The lowest BCUT2D eigenvalue weighted by Crippen LogP contribution is -2.39. The van der Waals surface area contributed by atoms with E-state index in [0.29, 0.717) is 24.7 Å². The molecule has 1 aromatic rings. The van der Waals surface area contributed by atoms with Crippen molar-refractivity contribution in [2.45, 2.75) is 19.9 Å². The van der Waals surface area contributed by atoms with Gasteiger partial charge >= 0.3 is 5.97 Å². The van der Waals surface area contributed by atoms with E-state index in [9.17, 15) is 9.59 Å². The maximum absolute atomic E-state index is 11.8. The maximum atomic E-state index is 11.8. The average Bonchev–Trinajstić information content (AvgIpc) is 2.38. The molecule has 1 heterocycles. The van der Waals surface area contributed by atoms with Crippen molar-refractivity contribution in [3.63, 3.8) is 0 Å². The molecule has 1 amide bonds. The minimum absolute atomic E-state index is 0.131. The highest BCUT2D eigenvalue weighted by molar-refractivity contribution is 5.89. The molecule has 0 aliphatic heterocycles. The number of rotatable bonds is 7. The van der Waals surface area contributed by atoms with Gasteiger partial charge < -0.3 is 20.5 Å². The normalized spacial score (nSPS) is 11.8. The van der Waals surface area contributed by atoms with E-state index in [1.807, 2.05) is 0 Å². The number of hydrogen-bond acceptors (Lipinski definition) is 5. The van der Waals surface area contributed by atoms with Crippen LogP contribution in [0.2, 0.25) is 0 Å². The molecule has 0 aliphatic rings. The van der Waals surface area contributed by atoms with Gasteiger partial charge in [-0.25, -0.2) is 9.78 Å². The van der Waals surface area contributed by atoms with E-state index in [1.165, 1.54) is 12.1 Å². The Morgan fingerprint density at radius 3 is 2.75 bits per heavy atom. The molecular weight excluding hydrogens is 262 g/mol. The van der Waals surface area contributed by atoms with Gasteiger partial charge in [-0.2, -0.15) is 0 Å². The van der Waals surface area contributed by atoms with Crippen LogP contribution in [-0.2, 0) is 9.53 Å². The number of hydrogen-bond donors (Lipinski definition) is 3. The van der Waals surface area contributed by atoms with Crippen molar-refractivity contribution in [1.82, 2.24) is 10.3 Å². The fourth-order valence-electron chi connectivity index (χ4n) is 1.58. The molecule has 0 radical (unpaired) electrons. The Morgan fingerprint density at radius 1 is 1.45 bits per heavy atom. The number of amides is 1. The average molecular weight is 281 g/mol. The fraction of sp³-hybridized carbons (Fsp3) is 0.462. The van der Waals surface area contributed by atoms with E-state index >= 15 is 0 Å². The van der Waals surface area contributed by atoms with E-state index in [0.717, 1.165) is 0 Å². The van der Waals surface area contributed by atoms with Crippen LogP contribution in [0.3, 0.4) is 0 Å². The largest absolute Gasteiger partial charge is 0.478 e. The van der Waals surface area contributed by atoms with Crippen LogP contribution in [0, 0.1) is 6.92 Å². The van der Waals surface area contributed by atoms with Crippen molar-refractivity contribution in [3.8, 4) is 0 Å². The molecule has 3 N–H and O–H groups in total. The van der Waals surface area contributed by atoms with E-state index < -0.39 is 12.0 Å². The van der Waals surface area contributed by atoms with Crippen molar-refractivity contribution in [2.24, 2.45) is 0 Å². The SMILES string of the molecule is COCCNC(=O)C(C)Nc1cc(C(=O)O)cc(C)n1. The molecule has 0 aliphatic carbocycles. The first kappa shape index (κ1) is 15.9. The van der Waals surface area contributed by atoms with Crippen LogP contribution in [0.1, 0.15) is 23.0 Å². The molecule has 7 heteroatoms. The molecule has 1 rings (SSSR count). The Morgan fingerprint density at radius 2 is 2.15 bits per heavy atom. The molecular formula is C13H19N3O4. The summed E-state index contributed by atoms with van der Waals surface area (Å²) in [6.07, 6.45) is 0. The number of carbonyl (C=O) groups is 2. The first-order chi connectivity index (χ1) is 9.43. The zero-order valence-corrected chi connectivity index (χ0v) is 11.8. The molecule has 0 fully saturated rings. The predicted molar refractivity (Wildman–Crippen MR) is 73.9 cm³/mol. The number of aromatic carboxylic acids is 1. The van der Waals surface area contributed by atoms with E-state index in [2.05, 4.69) is 15.6 Å². The van der Waals surface area contributed by atoms with Gasteiger partial charge in [-0.1, -0.05) is 0 Å². The molecule has 0 spiro atoms. The summed E-state index contributed by atoms with van der Waals surface area (Å²) in [4.78, 5) is 26.9. The highest BCUT2D eigenvalue weighted by atomic mass is 16.5. The highest BCUT2D eigenvalue weighted by Gasteiger charge is 2.14. The van der Waals surface area contributed by atoms with Gasteiger partial charge in [0.25, 0.3) is 0 Å². The van der Waals surface area contributed by atoms with E-state index in [4.69, 9.17) is 9.84 Å². The lowest BCUT2D eigenvalue weighted by molar-refractivity contribution is -0.121. The topological polar surface area (TPSA) is 101 Å². The standard InChI is InChI=1S/C13H19N3O4/c1-8-6-10(13(18)19)7-11(15-8)16-9(2)12(17)14-4-5-20-3/h6-7,9H,4-5H2,1-3H3,(H,14,17)(H,15,16)(H,18,19). The number of nitrogens with one attached hydrogen (secondary N) is 2. The summed E-state index contributed by atoms with van der Waals surface area (Å²) >= 11 is 0. The number of carboxylic acids is 1. The second-order valence-corrected chi connectivity index (χ2v) is 4.34. The third kappa shape index (κ3) is 4.85. The van der Waals surface area contributed by atoms with E-state index in [1.54, 1.807) is 21.0 Å². The van der Waals surface area contributed by atoms with Crippen LogP contribution in [0.15, 0.2) is 12.1 Å². The van der Waals surface area contributed by atoms with Gasteiger partial charge in [0.05, 0.1) is 12.2 Å². The number of anilines is 1. The maximum Gasteiger partial charge on any atom is 0.335 e. The first-order valence-corrected chi connectivity index (χ1v) is 6.19. The number of ether oxygens (including phenoxy) is 1. The number of aryl methyl sites for hydroxylation is 1. The Balaban J connectivity index is 2.67. The summed E-state index contributed by atoms with van der Waals surface area (Å²) in [5, 5.41) is 14.5. The number of methoxy groups -OCH3 is 1. The lowest BCUT2D eigenvalue weighted by Gasteiger charge is -2.15. The van der Waals surface area contributed by atoms with E-state index in [-0.39, 0.29) is 11.5 Å². The molecule has 1 atom stereocenters. The van der Waals surface area contributed by atoms with Gasteiger partial charge in [0, 0.05) is 19.3 Å². The second-order valence-electron chi connectivity index (χ2n) is 4.34. The van der Waals surface area contributed by atoms with Crippen molar-refractivity contribution >= 4 is 17.7 Å². The molecule has 7 nitrogen and oxygen atoms in total. The number of nitrogens with zero attached hydrogens (tertiary/aromatic N) is 1. The molecule has 110 valence electrons. The van der Waals surface area contributed by atoms with Crippen molar-refractivity contribution in [2.75, 3.05) is 25.6 Å². The van der Waals surface area contributed by atoms with Gasteiger partial charge in [-0.15, -0.1) is 0 Å². The monoisotopic (exact) mass is 281 g/mol. The second kappa shape index (κ2) is 7.44. The van der Waals surface area contributed by atoms with Crippen molar-refractivity contribution < 1.29 is 19.4 Å². The summed E-state index contributed by atoms with van der Waals surface area (Å²) in [7, 11) is 1.55. The Hall–Kier alpha value is -2.15. The highest BCUT2D eigenvalue weighted by Crippen LogP contribution is 2.11. The molecule has 0 bridgehead atoms. The Bertz CT molecular complexity index is 491. The van der Waals surface area contributed by atoms with Crippen LogP contribution in [-0.4, -0.2) is 48.3 Å². The molecule has 0 saturated heterocycles. The van der Waals surface area contributed by atoms with Crippen LogP contribution >= 0.6 is 0 Å². The van der Waals surface area contributed by atoms with Crippen molar-refractivity contribution in [1.29, 1.82) is 0 Å². The number of aromatic nitrogens is 1. The predicted octanol–water partition coefficient (Wildman–Crippen LogP) is 0.651. The molecule has 1 aromatic heterocycles. The zero-order valence-electron chi connectivity index (χ0n) is 11.8. The Kier molecular flexibility index (Phi) is 5.92. The van der Waals surface area contributed by atoms with Crippen molar-refractivity contribution in [3.05, 3.63) is 23.4 Å². The summed E-state index contributed by atoms with van der Waals surface area (Å²) in [5.74, 6) is -0.880. The summed E-state index contributed by atoms with van der Waals surface area (Å²) in [6.45, 7) is 4.22. The summed E-state index contributed by atoms with van der Waals surface area (Å²) in [6, 6.07) is 2.34. The summed E-state index contributed by atoms with van der Waals surface area (Å²) < 4.78 is 4.84. The van der Waals surface area contributed by atoms with Crippen LogP contribution in [0.25, 0.3) is 0 Å². The molecule has 1 unspecified atom stereocenters. The summed E-state index contributed by atoms with van der Waals surface area (Å²) in [5.41, 5.74) is 0.700. The lowest BCUT2D eigenvalue weighted by atomic mass is 10.2. The number of pyridine rings is 1. The van der Waals surface area contributed by atoms with Gasteiger partial charge in [0.2, 0.25) is 5.91 Å². The first-order valence-electron chi connectivity index (χ1n) is 6.19. The minimum Gasteiger partial charge on any atom is -0.478 e. The van der Waals surface area contributed by atoms with Crippen LogP contribution < -0.4 is 10.6 Å². The third-order valence-corrected chi connectivity index (χ3v) is 2.56. The number of carboxylic acid groups (broad SMARTS) is 1. The Labute approximate surface area is 117 Å². The zero-order chi connectivity index (χ0) is 15.1. The minimum atomic E-state index is -1.03. The smallest absolute Gasteiger partial charge is 0.335 e. The van der Waals surface area contributed by atoms with Gasteiger partial charge in [0.1, 0.15) is 11.9 Å². The molecule has 20 heavy (non-hydrogen) atoms. The van der Waals surface area contributed by atoms with Crippen LogP contribution in [0.4, 0.5) is 5.82 Å². The van der Waals surface area contributed by atoms with Crippen LogP contribution in [0.5, 0.6) is 0 Å². The quantitative estimate of drug-likeness (QED) is 0.634. The van der Waals surface area contributed by atoms with Gasteiger partial charge in [-0.3, -0.25) is 4.79 Å². The number of carbonyl (C=O) groups excluding carboxylic acids is 1. The van der Waals surface area contributed by atoms with Gasteiger partial charge in [0.15, 0.2) is 0 Å². The third-order valence-electron chi connectivity index (χ3n) is 2.56. The molecule has 0 aromatic carbocycles. The molecule has 0 saturated carbocycles. The fourth-order valence-corrected chi connectivity index (χ4v) is 1.58. The van der Waals surface area contributed by atoms with Gasteiger partial charge in [-0.05, 0) is 26.0 Å².